The molecule has 0 saturated carbocycles. The van der Waals surface area contributed by atoms with Crippen LogP contribution >= 0.6 is 0 Å². The van der Waals surface area contributed by atoms with E-state index >= 15 is 0 Å². The highest BCUT2D eigenvalue weighted by Gasteiger charge is 2.24. The molecule has 0 spiro atoms. The van der Waals surface area contributed by atoms with Crippen molar-refractivity contribution in [3.8, 4) is 0 Å². The summed E-state index contributed by atoms with van der Waals surface area (Å²) >= 11 is 0. The monoisotopic (exact) mass is 222 g/mol. The average molecular weight is 222 g/mol. The van der Waals surface area contributed by atoms with Crippen LogP contribution in [-0.4, -0.2) is 5.11 Å². The summed E-state index contributed by atoms with van der Waals surface area (Å²) in [5.41, 5.74) is 4.52. The lowest BCUT2D eigenvalue weighted by Gasteiger charge is -2.05. The second-order valence-corrected chi connectivity index (χ2v) is 4.41. The summed E-state index contributed by atoms with van der Waals surface area (Å²) in [5, 5.41) is 10.2. The van der Waals surface area contributed by atoms with Gasteiger partial charge in [-0.3, -0.25) is 0 Å². The van der Waals surface area contributed by atoms with E-state index in [4.69, 9.17) is 0 Å². The van der Waals surface area contributed by atoms with E-state index in [-0.39, 0.29) is 0 Å². The molecule has 84 valence electrons. The highest BCUT2D eigenvalue weighted by Crippen LogP contribution is 2.36. The molecule has 1 heteroatoms. The van der Waals surface area contributed by atoms with Gasteiger partial charge in [-0.2, -0.15) is 0 Å². The normalized spacial score (nSPS) is 20.5. The third-order valence-electron chi connectivity index (χ3n) is 3.25. The molecule has 0 aliphatic heterocycles. The predicted molar refractivity (Wildman–Crippen MR) is 69.5 cm³/mol. The van der Waals surface area contributed by atoms with Gasteiger partial charge in [0.2, 0.25) is 0 Å². The van der Waals surface area contributed by atoms with Gasteiger partial charge in [0.1, 0.15) is 6.10 Å². The highest BCUT2D eigenvalue weighted by atomic mass is 16.3. The number of aliphatic hydroxyl groups excluding tert-OH is 1. The van der Waals surface area contributed by atoms with Crippen LogP contribution in [0.15, 0.2) is 60.2 Å². The first-order valence-electron chi connectivity index (χ1n) is 5.86. The van der Waals surface area contributed by atoms with E-state index in [0.717, 1.165) is 23.1 Å². The minimum atomic E-state index is -0.439. The van der Waals surface area contributed by atoms with Gasteiger partial charge in [0, 0.05) is 0 Å². The molecule has 1 aliphatic rings. The summed E-state index contributed by atoms with van der Waals surface area (Å²) in [6, 6.07) is 18.2. The number of hydrogen-bond donors (Lipinski definition) is 1. The van der Waals surface area contributed by atoms with Gasteiger partial charge < -0.3 is 5.11 Å². The van der Waals surface area contributed by atoms with Crippen molar-refractivity contribution in [2.75, 3.05) is 0 Å². The van der Waals surface area contributed by atoms with Crippen molar-refractivity contribution in [3.05, 3.63) is 76.9 Å². The van der Waals surface area contributed by atoms with Gasteiger partial charge in [-0.05, 0) is 28.7 Å². The Kier molecular flexibility index (Phi) is 2.54. The van der Waals surface area contributed by atoms with Crippen LogP contribution in [-0.2, 0) is 6.42 Å². The Hall–Kier alpha value is -1.86. The molecular weight excluding hydrogens is 208 g/mol. The Balaban J connectivity index is 1.97. The molecule has 0 radical (unpaired) electrons. The smallest absolute Gasteiger partial charge is 0.101 e. The van der Waals surface area contributed by atoms with Crippen molar-refractivity contribution in [1.29, 1.82) is 0 Å². The van der Waals surface area contributed by atoms with E-state index in [1.165, 1.54) is 5.56 Å². The molecule has 1 nitrogen and oxygen atoms in total. The van der Waals surface area contributed by atoms with Crippen LogP contribution in [0.2, 0.25) is 0 Å². The first-order chi connectivity index (χ1) is 8.34. The van der Waals surface area contributed by atoms with Crippen LogP contribution in [0.25, 0.3) is 6.08 Å². The van der Waals surface area contributed by atoms with E-state index in [9.17, 15) is 5.11 Å². The number of fused-ring (bicyclic) bond motifs is 1. The lowest BCUT2D eigenvalue weighted by Crippen LogP contribution is -1.93. The Morgan fingerprint density at radius 3 is 2.41 bits per heavy atom. The standard InChI is InChI=1S/C16H14O/c17-16-14(10-12-6-2-1-3-7-12)11-13-8-4-5-9-15(13)16/h1-10,16-17H,11H2/b14-10+. The zero-order chi connectivity index (χ0) is 11.7. The maximum Gasteiger partial charge on any atom is 0.101 e. The molecule has 1 aliphatic carbocycles. The lowest BCUT2D eigenvalue weighted by molar-refractivity contribution is 0.222. The van der Waals surface area contributed by atoms with Crippen LogP contribution in [0.1, 0.15) is 22.8 Å². The molecule has 2 aromatic rings. The molecule has 0 saturated heterocycles. The molecule has 1 unspecified atom stereocenters. The second-order valence-electron chi connectivity index (χ2n) is 4.41. The lowest BCUT2D eigenvalue weighted by atomic mass is 10.1. The van der Waals surface area contributed by atoms with Crippen molar-refractivity contribution >= 4 is 6.08 Å². The van der Waals surface area contributed by atoms with Crippen molar-refractivity contribution in [2.24, 2.45) is 0 Å². The van der Waals surface area contributed by atoms with E-state index in [0.29, 0.717) is 0 Å². The van der Waals surface area contributed by atoms with Crippen LogP contribution in [0.5, 0.6) is 0 Å². The van der Waals surface area contributed by atoms with Crippen LogP contribution in [0, 0.1) is 0 Å². The summed E-state index contributed by atoms with van der Waals surface area (Å²) in [6.07, 6.45) is 2.50. The minimum Gasteiger partial charge on any atom is -0.384 e. The van der Waals surface area contributed by atoms with Crippen LogP contribution in [0.3, 0.4) is 0 Å². The van der Waals surface area contributed by atoms with E-state index in [2.05, 4.69) is 24.3 Å². The van der Waals surface area contributed by atoms with Gasteiger partial charge >= 0.3 is 0 Å². The summed E-state index contributed by atoms with van der Waals surface area (Å²) in [7, 11) is 0. The molecular formula is C16H14O. The Labute approximate surface area is 101 Å². The third kappa shape index (κ3) is 1.90. The Morgan fingerprint density at radius 1 is 0.941 bits per heavy atom. The van der Waals surface area contributed by atoms with E-state index in [1.807, 2.05) is 36.4 Å². The SMILES string of the molecule is OC1/C(=C/c2ccccc2)Cc2ccccc21. The third-order valence-corrected chi connectivity index (χ3v) is 3.25. The zero-order valence-corrected chi connectivity index (χ0v) is 9.51. The number of aliphatic hydroxyl groups is 1. The molecule has 0 amide bonds. The topological polar surface area (TPSA) is 20.2 Å². The van der Waals surface area contributed by atoms with Crippen molar-refractivity contribution in [1.82, 2.24) is 0 Å². The summed E-state index contributed by atoms with van der Waals surface area (Å²) in [4.78, 5) is 0. The van der Waals surface area contributed by atoms with Gasteiger partial charge in [-0.25, -0.2) is 0 Å². The van der Waals surface area contributed by atoms with Gasteiger partial charge in [-0.15, -0.1) is 0 Å². The summed E-state index contributed by atoms with van der Waals surface area (Å²) in [6.45, 7) is 0. The molecule has 0 aromatic heterocycles. The van der Waals surface area contributed by atoms with Crippen molar-refractivity contribution in [3.63, 3.8) is 0 Å². The first kappa shape index (κ1) is 10.3. The number of rotatable bonds is 1. The van der Waals surface area contributed by atoms with Gasteiger partial charge in [0.05, 0.1) is 0 Å². The minimum absolute atomic E-state index is 0.439. The number of hydrogen-bond acceptors (Lipinski definition) is 1. The molecule has 3 rings (SSSR count). The molecule has 0 bridgehead atoms. The largest absolute Gasteiger partial charge is 0.384 e. The van der Waals surface area contributed by atoms with Crippen molar-refractivity contribution in [2.45, 2.75) is 12.5 Å². The van der Waals surface area contributed by atoms with E-state index in [1.54, 1.807) is 0 Å². The molecule has 0 fully saturated rings. The Morgan fingerprint density at radius 2 is 1.65 bits per heavy atom. The zero-order valence-electron chi connectivity index (χ0n) is 9.51. The Bertz CT molecular complexity index is 555. The van der Waals surface area contributed by atoms with Gasteiger partial charge in [0.25, 0.3) is 0 Å². The fourth-order valence-corrected chi connectivity index (χ4v) is 2.37. The van der Waals surface area contributed by atoms with E-state index < -0.39 is 6.10 Å². The van der Waals surface area contributed by atoms with Gasteiger partial charge in [-0.1, -0.05) is 60.7 Å². The fourth-order valence-electron chi connectivity index (χ4n) is 2.37. The second kappa shape index (κ2) is 4.19. The molecule has 1 N–H and O–H groups in total. The predicted octanol–water partition coefficient (Wildman–Crippen LogP) is 3.36. The maximum absolute atomic E-state index is 10.2. The fraction of sp³-hybridized carbons (Fsp3) is 0.125. The van der Waals surface area contributed by atoms with Gasteiger partial charge in [0.15, 0.2) is 0 Å². The molecule has 0 heterocycles. The first-order valence-corrected chi connectivity index (χ1v) is 5.86. The van der Waals surface area contributed by atoms with Crippen LogP contribution in [0.4, 0.5) is 0 Å². The van der Waals surface area contributed by atoms with Crippen LogP contribution < -0.4 is 0 Å². The summed E-state index contributed by atoms with van der Waals surface area (Å²) < 4.78 is 0. The number of benzene rings is 2. The molecule has 2 aromatic carbocycles. The van der Waals surface area contributed by atoms with Crippen molar-refractivity contribution < 1.29 is 5.11 Å². The molecule has 17 heavy (non-hydrogen) atoms. The molecule has 1 atom stereocenters. The quantitative estimate of drug-likeness (QED) is 0.784. The summed E-state index contributed by atoms with van der Waals surface area (Å²) in [5.74, 6) is 0. The maximum atomic E-state index is 10.2. The average Bonchev–Trinajstić information content (AvgIpc) is 2.68. The highest BCUT2D eigenvalue weighted by molar-refractivity contribution is 5.59.